The van der Waals surface area contributed by atoms with Gasteiger partial charge in [0.1, 0.15) is 0 Å². The lowest BCUT2D eigenvalue weighted by Crippen LogP contribution is -2.26. The summed E-state index contributed by atoms with van der Waals surface area (Å²) in [4.78, 5) is 16.8. The van der Waals surface area contributed by atoms with Gasteiger partial charge in [-0.25, -0.2) is 9.67 Å². The molecule has 2 aromatic heterocycles. The van der Waals surface area contributed by atoms with Gasteiger partial charge in [0.15, 0.2) is 0 Å². The molecule has 25 heavy (non-hydrogen) atoms. The largest absolute Gasteiger partial charge is 0.352 e. The van der Waals surface area contributed by atoms with Gasteiger partial charge in [-0.1, -0.05) is 27.5 Å². The molecule has 3 aromatic rings. The van der Waals surface area contributed by atoms with Gasteiger partial charge in [-0.15, -0.1) is 11.3 Å². The Kier molecular flexibility index (Phi) is 5.56. The Bertz CT molecular complexity index is 921. The van der Waals surface area contributed by atoms with Crippen LogP contribution >= 0.6 is 38.9 Å². The second-order valence-electron chi connectivity index (χ2n) is 5.59. The van der Waals surface area contributed by atoms with Gasteiger partial charge in [-0.2, -0.15) is 5.10 Å². The first kappa shape index (κ1) is 18.1. The molecule has 1 N–H and O–H groups in total. The maximum Gasteiger partial charge on any atom is 0.252 e. The number of halogens is 2. The molecule has 0 aliphatic carbocycles. The molecule has 8 heteroatoms. The molecule has 0 spiro atoms. The molecule has 130 valence electrons. The van der Waals surface area contributed by atoms with Crippen molar-refractivity contribution < 1.29 is 4.79 Å². The summed E-state index contributed by atoms with van der Waals surface area (Å²) < 4.78 is 2.65. The SMILES string of the molecule is Cc1cc(C)n(-c2nc(CCNC(=O)c3cc(Br)ccc3Cl)cs2)n1. The number of thiazole rings is 1. The van der Waals surface area contributed by atoms with E-state index in [1.807, 2.05) is 30.0 Å². The fourth-order valence-electron chi connectivity index (χ4n) is 2.40. The van der Waals surface area contributed by atoms with Crippen LogP contribution in [0.4, 0.5) is 0 Å². The van der Waals surface area contributed by atoms with Crippen molar-refractivity contribution in [3.63, 3.8) is 0 Å². The number of rotatable bonds is 5. The third kappa shape index (κ3) is 4.29. The predicted octanol–water partition coefficient (Wildman–Crippen LogP) is 4.33. The predicted molar refractivity (Wildman–Crippen MR) is 104 cm³/mol. The van der Waals surface area contributed by atoms with Crippen LogP contribution in [0.2, 0.25) is 5.02 Å². The lowest BCUT2D eigenvalue weighted by Gasteiger charge is -2.06. The highest BCUT2D eigenvalue weighted by molar-refractivity contribution is 9.10. The first-order valence-corrected chi connectivity index (χ1v) is 9.70. The molecule has 0 aliphatic heterocycles. The minimum Gasteiger partial charge on any atom is -0.352 e. The Labute approximate surface area is 163 Å². The zero-order valence-corrected chi connectivity index (χ0v) is 16.9. The highest BCUT2D eigenvalue weighted by Gasteiger charge is 2.12. The molecule has 0 fully saturated rings. The average molecular weight is 440 g/mol. The molecule has 0 saturated heterocycles. The van der Waals surface area contributed by atoms with Crippen LogP contribution in [0.3, 0.4) is 0 Å². The van der Waals surface area contributed by atoms with E-state index >= 15 is 0 Å². The summed E-state index contributed by atoms with van der Waals surface area (Å²) in [7, 11) is 0. The summed E-state index contributed by atoms with van der Waals surface area (Å²) in [5, 5.41) is 10.6. The van der Waals surface area contributed by atoms with Gasteiger partial charge in [0.05, 0.1) is 22.0 Å². The second-order valence-corrected chi connectivity index (χ2v) is 7.75. The van der Waals surface area contributed by atoms with Crippen molar-refractivity contribution in [3.05, 3.63) is 61.8 Å². The van der Waals surface area contributed by atoms with Crippen LogP contribution in [0, 0.1) is 13.8 Å². The number of aromatic nitrogens is 3. The minimum atomic E-state index is -0.194. The fourth-order valence-corrected chi connectivity index (χ4v) is 3.83. The number of carbonyl (C=O) groups is 1. The third-order valence-electron chi connectivity index (χ3n) is 3.57. The van der Waals surface area contributed by atoms with Gasteiger partial charge in [-0.05, 0) is 38.1 Å². The Morgan fingerprint density at radius 2 is 2.16 bits per heavy atom. The van der Waals surface area contributed by atoms with E-state index in [4.69, 9.17) is 11.6 Å². The van der Waals surface area contributed by atoms with Crippen molar-refractivity contribution in [1.29, 1.82) is 0 Å². The van der Waals surface area contributed by atoms with Gasteiger partial charge in [0, 0.05) is 28.5 Å². The molecule has 3 rings (SSSR count). The molecule has 0 unspecified atom stereocenters. The topological polar surface area (TPSA) is 59.8 Å². The van der Waals surface area contributed by atoms with Crippen LogP contribution in [0.15, 0.2) is 34.1 Å². The molecule has 0 bridgehead atoms. The van der Waals surface area contributed by atoms with Crippen LogP contribution < -0.4 is 5.32 Å². The quantitative estimate of drug-likeness (QED) is 0.643. The first-order chi connectivity index (χ1) is 11.9. The number of amides is 1. The van der Waals surface area contributed by atoms with Crippen LogP contribution in [-0.2, 0) is 6.42 Å². The molecule has 2 heterocycles. The maximum absolute atomic E-state index is 12.2. The zero-order valence-electron chi connectivity index (χ0n) is 13.7. The van der Waals surface area contributed by atoms with Crippen molar-refractivity contribution in [3.8, 4) is 5.13 Å². The summed E-state index contributed by atoms with van der Waals surface area (Å²) >= 11 is 11.0. The number of nitrogens with zero attached hydrogens (tertiary/aromatic N) is 3. The number of hydrogen-bond acceptors (Lipinski definition) is 4. The van der Waals surface area contributed by atoms with Crippen molar-refractivity contribution in [1.82, 2.24) is 20.1 Å². The Balaban J connectivity index is 1.60. The molecule has 0 atom stereocenters. The maximum atomic E-state index is 12.2. The van der Waals surface area contributed by atoms with E-state index in [-0.39, 0.29) is 5.91 Å². The average Bonchev–Trinajstić information content (AvgIpc) is 3.15. The summed E-state index contributed by atoms with van der Waals surface area (Å²) in [5.41, 5.74) is 3.40. The number of benzene rings is 1. The normalized spacial score (nSPS) is 10.9. The van der Waals surface area contributed by atoms with Gasteiger partial charge in [0.2, 0.25) is 5.13 Å². The van der Waals surface area contributed by atoms with Crippen molar-refractivity contribution in [2.45, 2.75) is 20.3 Å². The highest BCUT2D eigenvalue weighted by atomic mass is 79.9. The molecule has 0 radical (unpaired) electrons. The van der Waals surface area contributed by atoms with Gasteiger partial charge in [-0.3, -0.25) is 4.79 Å². The fraction of sp³-hybridized carbons (Fsp3) is 0.235. The lowest BCUT2D eigenvalue weighted by molar-refractivity contribution is 0.0954. The van der Waals surface area contributed by atoms with Gasteiger partial charge in [0.25, 0.3) is 5.91 Å². The molecule has 1 aromatic carbocycles. The third-order valence-corrected chi connectivity index (χ3v) is 5.26. The molecular formula is C17H16BrClN4OS. The summed E-state index contributed by atoms with van der Waals surface area (Å²) in [6, 6.07) is 7.22. The van der Waals surface area contributed by atoms with E-state index in [0.717, 1.165) is 26.7 Å². The molecule has 5 nitrogen and oxygen atoms in total. The van der Waals surface area contributed by atoms with Gasteiger partial charge < -0.3 is 5.32 Å². The Morgan fingerprint density at radius 3 is 2.88 bits per heavy atom. The van der Waals surface area contributed by atoms with Crippen molar-refractivity contribution >= 4 is 44.8 Å². The number of hydrogen-bond donors (Lipinski definition) is 1. The van der Waals surface area contributed by atoms with Crippen LogP contribution in [0.5, 0.6) is 0 Å². The van der Waals surface area contributed by atoms with Crippen molar-refractivity contribution in [2.75, 3.05) is 6.54 Å². The van der Waals surface area contributed by atoms with Crippen molar-refractivity contribution in [2.24, 2.45) is 0 Å². The Morgan fingerprint density at radius 1 is 1.36 bits per heavy atom. The van der Waals surface area contributed by atoms with E-state index in [1.54, 1.807) is 18.2 Å². The first-order valence-electron chi connectivity index (χ1n) is 7.65. The lowest BCUT2D eigenvalue weighted by atomic mass is 10.2. The summed E-state index contributed by atoms with van der Waals surface area (Å²) in [6.45, 7) is 4.45. The number of nitrogens with one attached hydrogen (secondary N) is 1. The van der Waals surface area contributed by atoms with Crippen LogP contribution in [-0.4, -0.2) is 27.2 Å². The smallest absolute Gasteiger partial charge is 0.252 e. The van der Waals surface area contributed by atoms with Gasteiger partial charge >= 0.3 is 0 Å². The Hall–Kier alpha value is -1.70. The second kappa shape index (κ2) is 7.68. The summed E-state index contributed by atoms with van der Waals surface area (Å²) in [5.74, 6) is -0.194. The van der Waals surface area contributed by atoms with E-state index in [2.05, 4.69) is 31.3 Å². The van der Waals surface area contributed by atoms with E-state index < -0.39 is 0 Å². The highest BCUT2D eigenvalue weighted by Crippen LogP contribution is 2.21. The number of aryl methyl sites for hydroxylation is 2. The zero-order chi connectivity index (χ0) is 18.0. The summed E-state index contributed by atoms with van der Waals surface area (Å²) in [6.07, 6.45) is 0.646. The standard InChI is InChI=1S/C17H16BrClN4OS/c1-10-7-11(2)23(22-10)17-21-13(9-25-17)5-6-20-16(24)14-8-12(18)3-4-15(14)19/h3-4,7-9H,5-6H2,1-2H3,(H,20,24). The molecule has 0 aliphatic rings. The monoisotopic (exact) mass is 438 g/mol. The van der Waals surface area contributed by atoms with E-state index in [1.165, 1.54) is 11.3 Å². The van der Waals surface area contributed by atoms with E-state index in [0.29, 0.717) is 23.6 Å². The minimum absolute atomic E-state index is 0.194. The number of carbonyl (C=O) groups excluding carboxylic acids is 1. The van der Waals surface area contributed by atoms with Crippen LogP contribution in [0.1, 0.15) is 27.4 Å². The molecule has 0 saturated carbocycles. The molecular weight excluding hydrogens is 424 g/mol. The van der Waals surface area contributed by atoms with E-state index in [9.17, 15) is 4.79 Å². The van der Waals surface area contributed by atoms with Crippen LogP contribution in [0.25, 0.3) is 5.13 Å². The molecule has 1 amide bonds.